The van der Waals surface area contributed by atoms with Crippen molar-refractivity contribution in [2.75, 3.05) is 0 Å². The fourth-order valence-electron chi connectivity index (χ4n) is 0.884. The number of benzene rings is 1. The van der Waals surface area contributed by atoms with Gasteiger partial charge in [-0.1, -0.05) is 23.7 Å². The van der Waals surface area contributed by atoms with Crippen LogP contribution in [0.25, 0.3) is 0 Å². The Bertz CT molecular complexity index is 312. The molecular formula is C10H12ClNOS. The van der Waals surface area contributed by atoms with Crippen LogP contribution in [0.15, 0.2) is 24.3 Å². The minimum absolute atomic E-state index is 0.148. The van der Waals surface area contributed by atoms with Crippen molar-refractivity contribution in [3.8, 4) is 0 Å². The molecule has 1 aromatic rings. The second-order valence-corrected chi connectivity index (χ2v) is 4.75. The summed E-state index contributed by atoms with van der Waals surface area (Å²) in [7, 11) is 0. The Morgan fingerprint density at radius 3 is 2.57 bits per heavy atom. The summed E-state index contributed by atoms with van der Waals surface area (Å²) < 4.78 is 0. The van der Waals surface area contributed by atoms with E-state index in [1.807, 2.05) is 31.2 Å². The highest BCUT2D eigenvalue weighted by Gasteiger charge is 2.08. The lowest BCUT2D eigenvalue weighted by Gasteiger charge is -2.06. The van der Waals surface area contributed by atoms with E-state index in [4.69, 9.17) is 17.3 Å². The van der Waals surface area contributed by atoms with Gasteiger partial charge in [-0.2, -0.15) is 0 Å². The first kappa shape index (κ1) is 11.4. The number of hydrogen-bond acceptors (Lipinski definition) is 2. The van der Waals surface area contributed by atoms with E-state index in [-0.39, 0.29) is 11.2 Å². The molecule has 14 heavy (non-hydrogen) atoms. The molecule has 0 radical (unpaired) electrons. The van der Waals surface area contributed by atoms with E-state index < -0.39 is 0 Å². The highest BCUT2D eigenvalue weighted by Crippen LogP contribution is 2.18. The number of hydrogen-bond donors (Lipinski definition) is 1. The number of amides is 1. The first-order chi connectivity index (χ1) is 6.59. The van der Waals surface area contributed by atoms with Crippen LogP contribution in [0, 0.1) is 0 Å². The van der Waals surface area contributed by atoms with Crippen molar-refractivity contribution in [3.05, 3.63) is 34.9 Å². The molecule has 1 atom stereocenters. The summed E-state index contributed by atoms with van der Waals surface area (Å²) in [4.78, 5) is 10.8. The van der Waals surface area contributed by atoms with Crippen LogP contribution in [-0.4, -0.2) is 11.2 Å². The third-order valence-corrected chi connectivity index (χ3v) is 3.30. The minimum Gasteiger partial charge on any atom is -0.369 e. The molecule has 0 saturated carbocycles. The van der Waals surface area contributed by atoms with Gasteiger partial charge in [-0.05, 0) is 24.6 Å². The van der Waals surface area contributed by atoms with E-state index >= 15 is 0 Å². The topological polar surface area (TPSA) is 43.1 Å². The van der Waals surface area contributed by atoms with Crippen LogP contribution in [0.1, 0.15) is 12.5 Å². The van der Waals surface area contributed by atoms with E-state index in [0.717, 1.165) is 16.3 Å². The van der Waals surface area contributed by atoms with Crippen LogP contribution in [0.3, 0.4) is 0 Å². The van der Waals surface area contributed by atoms with Crippen molar-refractivity contribution < 1.29 is 4.79 Å². The van der Waals surface area contributed by atoms with Crippen molar-refractivity contribution in [2.24, 2.45) is 5.73 Å². The summed E-state index contributed by atoms with van der Waals surface area (Å²) in [5.41, 5.74) is 6.29. The van der Waals surface area contributed by atoms with Crippen molar-refractivity contribution in [2.45, 2.75) is 17.9 Å². The molecule has 0 saturated heterocycles. The molecule has 0 aliphatic rings. The third kappa shape index (κ3) is 3.60. The van der Waals surface area contributed by atoms with Crippen molar-refractivity contribution in [1.29, 1.82) is 0 Å². The quantitative estimate of drug-likeness (QED) is 0.862. The summed E-state index contributed by atoms with van der Waals surface area (Å²) >= 11 is 7.27. The number of nitrogens with two attached hydrogens (primary N) is 1. The Kier molecular flexibility index (Phi) is 4.29. The number of primary amides is 1. The number of thioether (sulfide) groups is 1. The summed E-state index contributed by atoms with van der Waals surface area (Å²) in [5.74, 6) is 0.505. The van der Waals surface area contributed by atoms with Crippen molar-refractivity contribution >= 4 is 29.3 Å². The SMILES string of the molecule is C[C@@H](SCc1ccc(Cl)cc1)C(N)=O. The summed E-state index contributed by atoms with van der Waals surface area (Å²) in [6.07, 6.45) is 0. The van der Waals surface area contributed by atoms with Crippen molar-refractivity contribution in [1.82, 2.24) is 0 Å². The molecule has 0 aliphatic heterocycles. The maximum absolute atomic E-state index is 10.8. The number of rotatable bonds is 4. The van der Waals surface area contributed by atoms with Gasteiger partial charge in [0.2, 0.25) is 5.91 Å². The average Bonchev–Trinajstić information content (AvgIpc) is 2.16. The molecular weight excluding hydrogens is 218 g/mol. The fraction of sp³-hybridized carbons (Fsp3) is 0.300. The predicted octanol–water partition coefficient (Wildman–Crippen LogP) is 2.45. The molecule has 4 heteroatoms. The van der Waals surface area contributed by atoms with Crippen LogP contribution in [0.5, 0.6) is 0 Å². The van der Waals surface area contributed by atoms with Gasteiger partial charge in [-0.25, -0.2) is 0 Å². The highest BCUT2D eigenvalue weighted by atomic mass is 35.5. The van der Waals surface area contributed by atoms with Crippen LogP contribution in [0.4, 0.5) is 0 Å². The van der Waals surface area contributed by atoms with Gasteiger partial charge in [-0.3, -0.25) is 4.79 Å². The molecule has 1 amide bonds. The molecule has 1 rings (SSSR count). The van der Waals surface area contributed by atoms with Crippen LogP contribution < -0.4 is 5.73 Å². The lowest BCUT2D eigenvalue weighted by atomic mass is 10.2. The molecule has 76 valence electrons. The number of halogens is 1. The summed E-state index contributed by atoms with van der Waals surface area (Å²) in [6.45, 7) is 1.81. The van der Waals surface area contributed by atoms with E-state index in [9.17, 15) is 4.79 Å². The molecule has 0 aromatic heterocycles. The first-order valence-electron chi connectivity index (χ1n) is 4.25. The monoisotopic (exact) mass is 229 g/mol. The van der Waals surface area contributed by atoms with Gasteiger partial charge in [0.1, 0.15) is 0 Å². The summed E-state index contributed by atoms with van der Waals surface area (Å²) in [5, 5.41) is 0.576. The Labute approximate surface area is 92.8 Å². The third-order valence-electron chi connectivity index (χ3n) is 1.81. The molecule has 0 unspecified atom stereocenters. The lowest BCUT2D eigenvalue weighted by molar-refractivity contribution is -0.117. The lowest BCUT2D eigenvalue weighted by Crippen LogP contribution is -2.22. The standard InChI is InChI=1S/C10H12ClNOS/c1-7(10(12)13)14-6-8-2-4-9(11)5-3-8/h2-5,7H,6H2,1H3,(H2,12,13)/t7-/m1/s1. The number of carbonyl (C=O) groups excluding carboxylic acids is 1. The maximum atomic E-state index is 10.8. The average molecular weight is 230 g/mol. The Morgan fingerprint density at radius 1 is 1.50 bits per heavy atom. The Balaban J connectivity index is 2.46. The van der Waals surface area contributed by atoms with Gasteiger partial charge in [0.15, 0.2) is 0 Å². The Morgan fingerprint density at radius 2 is 2.07 bits per heavy atom. The van der Waals surface area contributed by atoms with E-state index in [1.54, 1.807) is 0 Å². The predicted molar refractivity (Wildman–Crippen MR) is 61.4 cm³/mol. The van der Waals surface area contributed by atoms with Crippen LogP contribution in [-0.2, 0) is 10.5 Å². The van der Waals surface area contributed by atoms with E-state index in [1.165, 1.54) is 11.8 Å². The zero-order valence-electron chi connectivity index (χ0n) is 7.87. The summed E-state index contributed by atoms with van der Waals surface area (Å²) in [6, 6.07) is 7.57. The van der Waals surface area contributed by atoms with Gasteiger partial charge < -0.3 is 5.73 Å². The largest absolute Gasteiger partial charge is 0.369 e. The normalized spacial score (nSPS) is 12.4. The fourth-order valence-corrected chi connectivity index (χ4v) is 1.81. The smallest absolute Gasteiger partial charge is 0.230 e. The maximum Gasteiger partial charge on any atom is 0.230 e. The minimum atomic E-state index is -0.274. The Hall–Kier alpha value is -0.670. The van der Waals surface area contributed by atoms with Gasteiger partial charge >= 0.3 is 0 Å². The second-order valence-electron chi connectivity index (χ2n) is 2.98. The van der Waals surface area contributed by atoms with Gasteiger partial charge in [-0.15, -0.1) is 11.8 Å². The van der Waals surface area contributed by atoms with E-state index in [0.29, 0.717) is 0 Å². The highest BCUT2D eigenvalue weighted by molar-refractivity contribution is 7.99. The van der Waals surface area contributed by atoms with Gasteiger partial charge in [0.25, 0.3) is 0 Å². The molecule has 1 aromatic carbocycles. The zero-order chi connectivity index (χ0) is 10.6. The molecule has 2 nitrogen and oxygen atoms in total. The van der Waals surface area contributed by atoms with E-state index in [2.05, 4.69) is 0 Å². The molecule has 0 aliphatic carbocycles. The molecule has 0 fully saturated rings. The number of carbonyl (C=O) groups is 1. The molecule has 2 N–H and O–H groups in total. The van der Waals surface area contributed by atoms with Crippen LogP contribution >= 0.6 is 23.4 Å². The van der Waals surface area contributed by atoms with Gasteiger partial charge in [0.05, 0.1) is 5.25 Å². The first-order valence-corrected chi connectivity index (χ1v) is 5.67. The molecule has 0 bridgehead atoms. The van der Waals surface area contributed by atoms with Crippen LogP contribution in [0.2, 0.25) is 5.02 Å². The van der Waals surface area contributed by atoms with Crippen molar-refractivity contribution in [3.63, 3.8) is 0 Å². The van der Waals surface area contributed by atoms with Gasteiger partial charge in [0, 0.05) is 10.8 Å². The molecule has 0 heterocycles. The molecule has 0 spiro atoms. The zero-order valence-corrected chi connectivity index (χ0v) is 9.44. The second kappa shape index (κ2) is 5.27.